The lowest BCUT2D eigenvalue weighted by Crippen LogP contribution is -2.59. The Hall–Kier alpha value is -2.98. The van der Waals surface area contributed by atoms with Crippen molar-refractivity contribution >= 4 is 23.7 Å². The molecule has 1 aromatic carbocycles. The lowest BCUT2D eigenvalue weighted by molar-refractivity contribution is -0.143. The summed E-state index contributed by atoms with van der Waals surface area (Å²) in [6.45, 7) is 6.34. The van der Waals surface area contributed by atoms with Gasteiger partial charge in [-0.1, -0.05) is 58.0 Å². The first-order valence-electron chi connectivity index (χ1n) is 11.0. The zero-order valence-corrected chi connectivity index (χ0v) is 19.6. The number of benzene rings is 1. The van der Waals surface area contributed by atoms with Gasteiger partial charge in [-0.25, -0.2) is 4.79 Å². The molecule has 0 heterocycles. The summed E-state index contributed by atoms with van der Waals surface area (Å²) < 4.78 is 0. The van der Waals surface area contributed by atoms with E-state index in [0.717, 1.165) is 5.56 Å². The lowest BCUT2D eigenvalue weighted by Gasteiger charge is -2.26. The molecule has 10 nitrogen and oxygen atoms in total. The van der Waals surface area contributed by atoms with Crippen molar-refractivity contribution in [3.05, 3.63) is 35.9 Å². The van der Waals surface area contributed by atoms with Gasteiger partial charge < -0.3 is 31.9 Å². The third-order valence-corrected chi connectivity index (χ3v) is 5.02. The number of aliphatic hydroxyl groups is 1. The van der Waals surface area contributed by atoms with Gasteiger partial charge in [0.1, 0.15) is 18.1 Å². The van der Waals surface area contributed by atoms with Crippen LogP contribution >= 0.6 is 0 Å². The quantitative estimate of drug-likeness (QED) is 0.234. The number of hydrogen-bond donors (Lipinski definition) is 6. The smallest absolute Gasteiger partial charge is 0.326 e. The first-order chi connectivity index (χ1) is 15.5. The maximum absolute atomic E-state index is 12.7. The van der Waals surface area contributed by atoms with Crippen molar-refractivity contribution in [2.24, 2.45) is 17.6 Å². The number of nitrogens with two attached hydrogens (primary N) is 1. The van der Waals surface area contributed by atoms with Crippen molar-refractivity contribution in [3.63, 3.8) is 0 Å². The molecule has 10 heteroatoms. The highest BCUT2D eigenvalue weighted by Gasteiger charge is 2.31. The summed E-state index contributed by atoms with van der Waals surface area (Å²) in [5, 5.41) is 26.3. The van der Waals surface area contributed by atoms with Crippen LogP contribution in [0.4, 0.5) is 0 Å². The van der Waals surface area contributed by atoms with Gasteiger partial charge in [0.25, 0.3) is 0 Å². The molecule has 0 fully saturated rings. The highest BCUT2D eigenvalue weighted by Crippen LogP contribution is 2.08. The number of aliphatic carboxylic acids is 1. The summed E-state index contributed by atoms with van der Waals surface area (Å²) in [6, 6.07) is 4.69. The summed E-state index contributed by atoms with van der Waals surface area (Å²) in [4.78, 5) is 49.3. The van der Waals surface area contributed by atoms with Crippen LogP contribution in [0.15, 0.2) is 30.3 Å². The van der Waals surface area contributed by atoms with Crippen LogP contribution < -0.4 is 21.7 Å². The van der Waals surface area contributed by atoms with E-state index in [1.807, 2.05) is 44.2 Å². The lowest BCUT2D eigenvalue weighted by atomic mass is 10.00. The van der Waals surface area contributed by atoms with Gasteiger partial charge >= 0.3 is 5.97 Å². The van der Waals surface area contributed by atoms with Crippen LogP contribution in [0.1, 0.15) is 39.7 Å². The first kappa shape index (κ1) is 28.1. The fourth-order valence-electron chi connectivity index (χ4n) is 3.18. The molecule has 3 amide bonds. The molecule has 1 rings (SSSR count). The second-order valence-electron chi connectivity index (χ2n) is 8.80. The third-order valence-electron chi connectivity index (χ3n) is 5.02. The van der Waals surface area contributed by atoms with Crippen LogP contribution in [0.2, 0.25) is 0 Å². The van der Waals surface area contributed by atoms with Crippen LogP contribution in [0, 0.1) is 11.8 Å². The molecule has 0 aromatic heterocycles. The van der Waals surface area contributed by atoms with E-state index in [1.165, 1.54) is 0 Å². The zero-order valence-electron chi connectivity index (χ0n) is 19.6. The highest BCUT2D eigenvalue weighted by molar-refractivity contribution is 5.94. The van der Waals surface area contributed by atoms with Crippen molar-refractivity contribution in [1.29, 1.82) is 0 Å². The molecular weight excluding hydrogens is 428 g/mol. The summed E-state index contributed by atoms with van der Waals surface area (Å²) in [7, 11) is 0. The molecule has 1 aromatic rings. The van der Waals surface area contributed by atoms with Crippen LogP contribution in [0.3, 0.4) is 0 Å². The molecule has 7 N–H and O–H groups in total. The van der Waals surface area contributed by atoms with Gasteiger partial charge in [0.15, 0.2) is 0 Å². The Balaban J connectivity index is 2.79. The molecule has 0 bridgehead atoms. The van der Waals surface area contributed by atoms with Crippen LogP contribution in [0.5, 0.6) is 0 Å². The number of carbonyl (C=O) groups excluding carboxylic acids is 3. The number of carboxylic acids is 1. The van der Waals surface area contributed by atoms with Crippen LogP contribution in [-0.2, 0) is 25.6 Å². The number of hydrogen-bond acceptors (Lipinski definition) is 6. The second-order valence-corrected chi connectivity index (χ2v) is 8.80. The van der Waals surface area contributed by atoms with Crippen molar-refractivity contribution in [2.45, 2.75) is 64.7 Å². The van der Waals surface area contributed by atoms with E-state index in [0.29, 0.717) is 0 Å². The zero-order chi connectivity index (χ0) is 25.1. The summed E-state index contributed by atoms with van der Waals surface area (Å²) in [5.41, 5.74) is 6.77. The fourth-order valence-corrected chi connectivity index (χ4v) is 3.18. The molecule has 0 saturated heterocycles. The van der Waals surface area contributed by atoms with Crippen molar-refractivity contribution in [3.8, 4) is 0 Å². The average molecular weight is 465 g/mol. The van der Waals surface area contributed by atoms with Gasteiger partial charge in [-0.2, -0.15) is 0 Å². The number of carboxylic acid groups (broad SMARTS) is 1. The Bertz CT molecular complexity index is 799. The standard InChI is InChI=1S/C23H36N4O6/c1-13(2)10-17(23(32)33)25-22(31)19(14(3)4)27-21(30)18(12-28)26-20(29)16(24)11-15-8-6-5-7-9-15/h5-9,13-14,16-19,28H,10-12,24H2,1-4H3,(H,25,31)(H,26,29)(H,27,30)(H,32,33). The number of aliphatic hydroxyl groups excluding tert-OH is 1. The second kappa shape index (κ2) is 13.5. The number of carbonyl (C=O) groups is 4. The molecule has 33 heavy (non-hydrogen) atoms. The monoisotopic (exact) mass is 464 g/mol. The summed E-state index contributed by atoms with van der Waals surface area (Å²) in [6.07, 6.45) is 0.477. The molecule has 4 atom stereocenters. The molecule has 184 valence electrons. The van der Waals surface area contributed by atoms with Crippen LogP contribution in [-0.4, -0.2) is 64.7 Å². The van der Waals surface area contributed by atoms with Gasteiger partial charge in [-0.05, 0) is 30.2 Å². The Kier molecular flexibility index (Phi) is 11.5. The maximum atomic E-state index is 12.7. The SMILES string of the molecule is CC(C)CC(NC(=O)C(NC(=O)C(CO)NC(=O)C(N)Cc1ccccc1)C(C)C)C(=O)O. The van der Waals surface area contributed by atoms with E-state index in [1.54, 1.807) is 13.8 Å². The van der Waals surface area contributed by atoms with Gasteiger partial charge in [-0.15, -0.1) is 0 Å². The summed E-state index contributed by atoms with van der Waals surface area (Å²) in [5.74, 6) is -3.57. The number of rotatable bonds is 13. The predicted molar refractivity (Wildman–Crippen MR) is 123 cm³/mol. The highest BCUT2D eigenvalue weighted by atomic mass is 16.4. The van der Waals surface area contributed by atoms with E-state index in [4.69, 9.17) is 5.73 Å². The molecule has 0 spiro atoms. The minimum absolute atomic E-state index is 0.0348. The molecule has 0 aliphatic rings. The third kappa shape index (κ3) is 9.58. The van der Waals surface area contributed by atoms with Gasteiger partial charge in [0.2, 0.25) is 17.7 Å². The Labute approximate surface area is 194 Å². The largest absolute Gasteiger partial charge is 0.480 e. The molecule has 4 unspecified atom stereocenters. The Morgan fingerprint density at radius 3 is 1.94 bits per heavy atom. The normalized spacial score (nSPS) is 14.8. The van der Waals surface area contributed by atoms with Gasteiger partial charge in [0.05, 0.1) is 12.6 Å². The van der Waals surface area contributed by atoms with Crippen molar-refractivity contribution in [1.82, 2.24) is 16.0 Å². The Morgan fingerprint density at radius 2 is 1.45 bits per heavy atom. The van der Waals surface area contributed by atoms with Crippen molar-refractivity contribution in [2.75, 3.05) is 6.61 Å². The van der Waals surface area contributed by atoms with Gasteiger partial charge in [0, 0.05) is 0 Å². The maximum Gasteiger partial charge on any atom is 0.326 e. The average Bonchev–Trinajstić information content (AvgIpc) is 2.74. The molecule has 0 saturated carbocycles. The predicted octanol–water partition coefficient (Wildman–Crippen LogP) is -0.210. The fraction of sp³-hybridized carbons (Fsp3) is 0.565. The molecular formula is C23H36N4O6. The number of amides is 3. The van der Waals surface area contributed by atoms with E-state index in [9.17, 15) is 29.4 Å². The molecule has 0 aliphatic heterocycles. The molecule has 0 aliphatic carbocycles. The van der Waals surface area contributed by atoms with Crippen LogP contribution in [0.25, 0.3) is 0 Å². The minimum atomic E-state index is -1.32. The summed E-state index contributed by atoms with van der Waals surface area (Å²) >= 11 is 0. The Morgan fingerprint density at radius 1 is 0.879 bits per heavy atom. The van der Waals surface area contributed by atoms with E-state index < -0.39 is 54.5 Å². The van der Waals surface area contributed by atoms with Crippen molar-refractivity contribution < 1.29 is 29.4 Å². The number of nitrogens with one attached hydrogen (secondary N) is 3. The molecule has 0 radical (unpaired) electrons. The topological polar surface area (TPSA) is 171 Å². The van der Waals surface area contributed by atoms with Gasteiger partial charge in [-0.3, -0.25) is 14.4 Å². The first-order valence-corrected chi connectivity index (χ1v) is 11.0. The van der Waals surface area contributed by atoms with E-state index in [-0.39, 0.29) is 24.7 Å². The minimum Gasteiger partial charge on any atom is -0.480 e. The van der Waals surface area contributed by atoms with E-state index in [2.05, 4.69) is 16.0 Å². The van der Waals surface area contributed by atoms with E-state index >= 15 is 0 Å².